The Bertz CT molecular complexity index is 373. The normalized spacial score (nSPS) is 11.4. The number of nitrogens with zero attached hydrogens (tertiary/aromatic N) is 2. The fourth-order valence-corrected chi connectivity index (χ4v) is 1.12. The van der Waals surface area contributed by atoms with Crippen LogP contribution in [0.15, 0.2) is 29.4 Å². The molecule has 0 aliphatic carbocycles. The van der Waals surface area contributed by atoms with Crippen molar-refractivity contribution >= 4 is 11.4 Å². The van der Waals surface area contributed by atoms with Crippen molar-refractivity contribution < 1.29 is 10.1 Å². The summed E-state index contributed by atoms with van der Waals surface area (Å²) in [6.07, 6.45) is 0.394. The van der Waals surface area contributed by atoms with Gasteiger partial charge in [-0.2, -0.15) is 0 Å². The topological polar surface area (TPSA) is 102 Å². The SMILES string of the molecule is NCC(Cc1ccc([N+](=O)[O-])cc1)=NO. The summed E-state index contributed by atoms with van der Waals surface area (Å²) >= 11 is 0. The number of non-ortho nitro benzene ring substituents is 1. The molecule has 1 aromatic carbocycles. The zero-order valence-corrected chi connectivity index (χ0v) is 7.96. The maximum atomic E-state index is 10.4. The van der Waals surface area contributed by atoms with Gasteiger partial charge in [-0.15, -0.1) is 0 Å². The van der Waals surface area contributed by atoms with Gasteiger partial charge in [0.1, 0.15) is 0 Å². The van der Waals surface area contributed by atoms with Gasteiger partial charge < -0.3 is 10.9 Å². The molecule has 6 heteroatoms. The van der Waals surface area contributed by atoms with Crippen LogP contribution in [0.2, 0.25) is 0 Å². The van der Waals surface area contributed by atoms with Gasteiger partial charge in [0.25, 0.3) is 5.69 Å². The third kappa shape index (κ3) is 3.03. The van der Waals surface area contributed by atoms with Crippen molar-refractivity contribution in [1.29, 1.82) is 0 Å². The van der Waals surface area contributed by atoms with E-state index in [1.54, 1.807) is 12.1 Å². The molecular formula is C9H11N3O3. The number of nitro benzene ring substituents is 1. The molecule has 0 atom stereocenters. The summed E-state index contributed by atoms with van der Waals surface area (Å²) in [5.41, 5.74) is 6.60. The quantitative estimate of drug-likeness (QED) is 0.333. The maximum absolute atomic E-state index is 10.4. The highest BCUT2D eigenvalue weighted by Crippen LogP contribution is 2.12. The molecule has 0 radical (unpaired) electrons. The molecule has 0 unspecified atom stereocenters. The van der Waals surface area contributed by atoms with Crippen LogP contribution in [0, 0.1) is 10.1 Å². The second kappa shape index (κ2) is 5.06. The number of oxime groups is 1. The molecule has 1 rings (SSSR count). The van der Waals surface area contributed by atoms with Crippen LogP contribution in [-0.2, 0) is 6.42 Å². The molecule has 15 heavy (non-hydrogen) atoms. The monoisotopic (exact) mass is 209 g/mol. The standard InChI is InChI=1S/C9H11N3O3/c10-6-8(11-13)5-7-1-3-9(4-2-7)12(14)15/h1-4,13H,5-6,10H2. The summed E-state index contributed by atoms with van der Waals surface area (Å²) in [6, 6.07) is 6.03. The number of hydrogen-bond acceptors (Lipinski definition) is 5. The van der Waals surface area contributed by atoms with Crippen molar-refractivity contribution in [2.75, 3.05) is 6.54 Å². The number of nitro groups is 1. The zero-order chi connectivity index (χ0) is 11.3. The average molecular weight is 209 g/mol. The first-order valence-corrected chi connectivity index (χ1v) is 4.30. The Morgan fingerprint density at radius 3 is 2.47 bits per heavy atom. The first kappa shape index (κ1) is 11.1. The van der Waals surface area contributed by atoms with E-state index in [9.17, 15) is 10.1 Å². The predicted molar refractivity (Wildman–Crippen MR) is 55.1 cm³/mol. The molecule has 0 fully saturated rings. The molecular weight excluding hydrogens is 198 g/mol. The van der Waals surface area contributed by atoms with E-state index >= 15 is 0 Å². The molecule has 3 N–H and O–H groups in total. The number of nitrogens with two attached hydrogens (primary N) is 1. The van der Waals surface area contributed by atoms with E-state index in [1.165, 1.54) is 12.1 Å². The molecule has 0 heterocycles. The van der Waals surface area contributed by atoms with E-state index in [-0.39, 0.29) is 12.2 Å². The lowest BCUT2D eigenvalue weighted by atomic mass is 10.1. The highest BCUT2D eigenvalue weighted by Gasteiger charge is 2.05. The van der Waals surface area contributed by atoms with Crippen LogP contribution >= 0.6 is 0 Å². The first-order chi connectivity index (χ1) is 7.17. The lowest BCUT2D eigenvalue weighted by Crippen LogP contribution is -2.16. The van der Waals surface area contributed by atoms with Gasteiger partial charge in [-0.3, -0.25) is 10.1 Å². The van der Waals surface area contributed by atoms with Gasteiger partial charge in [-0.1, -0.05) is 17.3 Å². The summed E-state index contributed by atoms with van der Waals surface area (Å²) < 4.78 is 0. The third-order valence-electron chi connectivity index (χ3n) is 1.93. The lowest BCUT2D eigenvalue weighted by Gasteiger charge is -2.01. The molecule has 80 valence electrons. The van der Waals surface area contributed by atoms with Crippen LogP contribution in [-0.4, -0.2) is 22.4 Å². The molecule has 0 amide bonds. The van der Waals surface area contributed by atoms with Crippen LogP contribution in [0.5, 0.6) is 0 Å². The second-order valence-corrected chi connectivity index (χ2v) is 2.97. The summed E-state index contributed by atoms with van der Waals surface area (Å²) in [7, 11) is 0. The Balaban J connectivity index is 2.76. The molecule has 0 saturated carbocycles. The fourth-order valence-electron chi connectivity index (χ4n) is 1.12. The molecule has 6 nitrogen and oxygen atoms in total. The van der Waals surface area contributed by atoms with Gasteiger partial charge in [0.2, 0.25) is 0 Å². The Kier molecular flexibility index (Phi) is 3.75. The largest absolute Gasteiger partial charge is 0.411 e. The van der Waals surface area contributed by atoms with Crippen molar-refractivity contribution in [3.8, 4) is 0 Å². The molecule has 0 aliphatic rings. The smallest absolute Gasteiger partial charge is 0.269 e. The molecule has 0 spiro atoms. The number of benzene rings is 1. The van der Waals surface area contributed by atoms with E-state index in [2.05, 4.69) is 5.16 Å². The third-order valence-corrected chi connectivity index (χ3v) is 1.93. The van der Waals surface area contributed by atoms with Crippen LogP contribution in [0.1, 0.15) is 5.56 Å². The minimum Gasteiger partial charge on any atom is -0.411 e. The Morgan fingerprint density at radius 2 is 2.07 bits per heavy atom. The molecule has 1 aromatic rings. The summed E-state index contributed by atoms with van der Waals surface area (Å²) in [5.74, 6) is 0. The minimum absolute atomic E-state index is 0.0361. The highest BCUT2D eigenvalue weighted by molar-refractivity contribution is 5.87. The Labute approximate surface area is 86.2 Å². The van der Waals surface area contributed by atoms with Crippen molar-refractivity contribution in [2.45, 2.75) is 6.42 Å². The lowest BCUT2D eigenvalue weighted by molar-refractivity contribution is -0.384. The van der Waals surface area contributed by atoms with Crippen LogP contribution < -0.4 is 5.73 Å². The minimum atomic E-state index is -0.465. The van der Waals surface area contributed by atoms with Gasteiger partial charge in [-0.25, -0.2) is 0 Å². The number of hydrogen-bond donors (Lipinski definition) is 2. The van der Waals surface area contributed by atoms with Gasteiger partial charge in [-0.05, 0) is 5.56 Å². The van der Waals surface area contributed by atoms with Crippen molar-refractivity contribution in [3.05, 3.63) is 39.9 Å². The fraction of sp³-hybridized carbons (Fsp3) is 0.222. The van der Waals surface area contributed by atoms with Crippen molar-refractivity contribution in [1.82, 2.24) is 0 Å². The van der Waals surface area contributed by atoms with E-state index in [4.69, 9.17) is 10.9 Å². The number of rotatable bonds is 4. The van der Waals surface area contributed by atoms with E-state index in [0.717, 1.165) is 5.56 Å². The maximum Gasteiger partial charge on any atom is 0.269 e. The van der Waals surface area contributed by atoms with E-state index in [1.807, 2.05) is 0 Å². The highest BCUT2D eigenvalue weighted by atomic mass is 16.6. The average Bonchev–Trinajstić information content (AvgIpc) is 2.26. The van der Waals surface area contributed by atoms with Crippen LogP contribution in [0.3, 0.4) is 0 Å². The summed E-state index contributed by atoms with van der Waals surface area (Å²) in [4.78, 5) is 9.90. The van der Waals surface area contributed by atoms with Crippen molar-refractivity contribution in [3.63, 3.8) is 0 Å². The Hall–Kier alpha value is -1.95. The van der Waals surface area contributed by atoms with Crippen molar-refractivity contribution in [2.24, 2.45) is 10.9 Å². The molecule has 0 bridgehead atoms. The first-order valence-electron chi connectivity index (χ1n) is 4.30. The van der Waals surface area contributed by atoms with Gasteiger partial charge in [0, 0.05) is 25.1 Å². The molecule has 0 aliphatic heterocycles. The van der Waals surface area contributed by atoms with Crippen LogP contribution in [0.4, 0.5) is 5.69 Å². The van der Waals surface area contributed by atoms with E-state index in [0.29, 0.717) is 12.1 Å². The van der Waals surface area contributed by atoms with Gasteiger partial charge in [0.05, 0.1) is 10.6 Å². The van der Waals surface area contributed by atoms with Gasteiger partial charge >= 0.3 is 0 Å². The summed E-state index contributed by atoms with van der Waals surface area (Å²) in [6.45, 7) is 0.160. The second-order valence-electron chi connectivity index (χ2n) is 2.97. The zero-order valence-electron chi connectivity index (χ0n) is 7.96. The molecule has 0 saturated heterocycles. The summed E-state index contributed by atoms with van der Waals surface area (Å²) in [5, 5.41) is 21.9. The Morgan fingerprint density at radius 1 is 1.47 bits per heavy atom. The van der Waals surface area contributed by atoms with Crippen LogP contribution in [0.25, 0.3) is 0 Å². The van der Waals surface area contributed by atoms with Gasteiger partial charge in [0.15, 0.2) is 0 Å². The molecule has 0 aromatic heterocycles. The van der Waals surface area contributed by atoms with E-state index < -0.39 is 4.92 Å². The predicted octanol–water partition coefficient (Wildman–Crippen LogP) is 0.926.